The van der Waals surface area contributed by atoms with Crippen molar-refractivity contribution >= 4 is 63.4 Å². The number of carbonyl (C=O) groups excluding carboxylic acids is 5. The summed E-state index contributed by atoms with van der Waals surface area (Å²) < 4.78 is 18.0. The molecule has 1 saturated carbocycles. The maximum absolute atomic E-state index is 16.3. The molecule has 0 radical (unpaired) electrons. The molecule has 2 saturated heterocycles. The smallest absolute Gasteiger partial charge is 0.328 e. The Hall–Kier alpha value is -6.32. The molecule has 0 unspecified atom stereocenters. The van der Waals surface area contributed by atoms with Gasteiger partial charge in [0.1, 0.15) is 5.69 Å². The summed E-state index contributed by atoms with van der Waals surface area (Å²) in [4.78, 5) is 71.2. The van der Waals surface area contributed by atoms with Crippen LogP contribution >= 0.6 is 11.6 Å². The van der Waals surface area contributed by atoms with Crippen molar-refractivity contribution in [2.75, 3.05) is 64.8 Å². The van der Waals surface area contributed by atoms with Crippen molar-refractivity contribution in [3.8, 4) is 11.1 Å². The minimum atomic E-state index is -0.519. The second kappa shape index (κ2) is 20.2. The maximum Gasteiger partial charge on any atom is 0.328 e. The first-order valence-electron chi connectivity index (χ1n) is 22.5. The monoisotopic (exact) mass is 903 g/mol. The maximum atomic E-state index is 16.3. The zero-order chi connectivity index (χ0) is 45.6. The van der Waals surface area contributed by atoms with E-state index in [1.54, 1.807) is 59.0 Å². The third kappa shape index (κ3) is 10.3. The molecule has 340 valence electrons. The SMILES string of the molecule is CN(C)C(=O)c1cc2c(-c3ccc(C4CCCCC4)cc3)cc(C3=CCCN(C(=O)CCn4cccn4)C3)c(F)c2[nH]1.O=C1CCN(c2cc(C(=O)N3CCNCC3)ccc2Cl)C(=O)N1. The predicted octanol–water partition coefficient (Wildman–Crippen LogP) is 7.46. The number of fused-ring (bicyclic) bond motifs is 1. The molecule has 6 amide bonds. The van der Waals surface area contributed by atoms with E-state index < -0.39 is 11.8 Å². The fourth-order valence-corrected chi connectivity index (χ4v) is 9.33. The number of urea groups is 1. The van der Waals surface area contributed by atoms with Crippen LogP contribution in [0.15, 0.2) is 79.1 Å². The van der Waals surface area contributed by atoms with Crippen LogP contribution in [-0.4, -0.2) is 119 Å². The van der Waals surface area contributed by atoms with Crippen molar-refractivity contribution in [2.24, 2.45) is 0 Å². The molecular weight excluding hydrogens is 849 g/mol. The predicted molar refractivity (Wildman–Crippen MR) is 249 cm³/mol. The molecule has 14 nitrogen and oxygen atoms in total. The van der Waals surface area contributed by atoms with Gasteiger partial charge >= 0.3 is 6.03 Å². The Morgan fingerprint density at radius 1 is 0.908 bits per heavy atom. The first-order valence-corrected chi connectivity index (χ1v) is 22.9. The minimum absolute atomic E-state index is 0.0230. The van der Waals surface area contributed by atoms with Crippen LogP contribution in [-0.2, 0) is 16.1 Å². The lowest BCUT2D eigenvalue weighted by atomic mass is 9.83. The number of imide groups is 1. The van der Waals surface area contributed by atoms with Crippen molar-refractivity contribution in [3.05, 3.63) is 112 Å². The molecule has 3 N–H and O–H groups in total. The van der Waals surface area contributed by atoms with Gasteiger partial charge in [0.2, 0.25) is 11.8 Å². The number of aromatic nitrogens is 3. The van der Waals surface area contributed by atoms with Crippen LogP contribution in [0.4, 0.5) is 14.9 Å². The summed E-state index contributed by atoms with van der Waals surface area (Å²) in [5, 5.41) is 10.7. The van der Waals surface area contributed by atoms with Crippen molar-refractivity contribution < 1.29 is 28.4 Å². The number of nitrogens with zero attached hydrogens (tertiary/aromatic N) is 6. The molecule has 4 aliphatic rings. The van der Waals surface area contributed by atoms with Crippen LogP contribution in [0, 0.1) is 5.82 Å². The molecule has 3 fully saturated rings. The second-order valence-corrected chi connectivity index (χ2v) is 17.6. The topological polar surface area (TPSA) is 156 Å². The summed E-state index contributed by atoms with van der Waals surface area (Å²) in [5.74, 6) is -0.389. The molecule has 16 heteroatoms. The van der Waals surface area contributed by atoms with E-state index in [9.17, 15) is 24.0 Å². The number of H-pyrrole nitrogens is 1. The van der Waals surface area contributed by atoms with E-state index in [0.717, 1.165) is 29.8 Å². The number of aromatic amines is 1. The molecule has 2 aromatic heterocycles. The molecule has 0 spiro atoms. The number of anilines is 1. The van der Waals surface area contributed by atoms with Gasteiger partial charge in [0.25, 0.3) is 11.8 Å². The molecule has 9 rings (SSSR count). The molecule has 5 heterocycles. The highest BCUT2D eigenvalue weighted by atomic mass is 35.5. The van der Waals surface area contributed by atoms with E-state index in [1.165, 1.54) is 47.5 Å². The van der Waals surface area contributed by atoms with Crippen molar-refractivity contribution in [3.63, 3.8) is 0 Å². The van der Waals surface area contributed by atoms with Crippen molar-refractivity contribution in [2.45, 2.75) is 63.8 Å². The normalized spacial score (nSPS) is 17.0. The quantitative estimate of drug-likeness (QED) is 0.139. The highest BCUT2D eigenvalue weighted by Gasteiger charge is 2.29. The van der Waals surface area contributed by atoms with Gasteiger partial charge in [-0.15, -0.1) is 0 Å². The van der Waals surface area contributed by atoms with Crippen LogP contribution < -0.4 is 15.5 Å². The standard InChI is InChI=1S/C34H38FN5O2.C15H17ClN4O3/c1-38(2)34(42)30-21-29-27(25-13-11-24(12-14-25)23-8-4-3-5-9-23)20-28(32(35)33(29)37-30)26-10-6-17-39(22-26)31(41)15-19-40-18-7-16-36-40;16-11-2-1-10(14(22)19-7-4-17-5-8-19)9-12(11)20-6-3-13(21)18-15(20)23/h7,10-14,16,18,20-21,23,37H,3-6,8-9,15,17,19,22H2,1-2H3;1-2,9,17H,3-8H2,(H,18,21,23). The van der Waals surface area contributed by atoms with Gasteiger partial charge in [-0.05, 0) is 83.8 Å². The van der Waals surface area contributed by atoms with Crippen LogP contribution in [0.2, 0.25) is 5.02 Å². The zero-order valence-electron chi connectivity index (χ0n) is 36.9. The molecule has 1 aliphatic carbocycles. The van der Waals surface area contributed by atoms with Gasteiger partial charge in [0.05, 0.1) is 16.2 Å². The Labute approximate surface area is 382 Å². The molecule has 0 atom stereocenters. The van der Waals surface area contributed by atoms with Gasteiger partial charge in [-0.2, -0.15) is 5.10 Å². The number of benzene rings is 3. The van der Waals surface area contributed by atoms with Gasteiger partial charge in [-0.3, -0.25) is 34.1 Å². The van der Waals surface area contributed by atoms with E-state index in [2.05, 4.69) is 45.0 Å². The molecule has 5 aromatic rings. The summed E-state index contributed by atoms with van der Waals surface area (Å²) in [5.41, 5.74) is 6.03. The number of halogens is 2. The number of hydrogen-bond acceptors (Lipinski definition) is 7. The number of nitrogens with one attached hydrogen (secondary N) is 3. The second-order valence-electron chi connectivity index (χ2n) is 17.2. The van der Waals surface area contributed by atoms with Crippen LogP contribution in [0.5, 0.6) is 0 Å². The van der Waals surface area contributed by atoms with E-state index in [-0.39, 0.29) is 36.6 Å². The Bertz CT molecular complexity index is 2600. The van der Waals surface area contributed by atoms with Gasteiger partial charge < -0.3 is 25.0 Å². The van der Waals surface area contributed by atoms with Crippen molar-refractivity contribution in [1.82, 2.24) is 40.1 Å². The lowest BCUT2D eigenvalue weighted by Gasteiger charge is -2.29. The number of rotatable bonds is 9. The summed E-state index contributed by atoms with van der Waals surface area (Å²) in [6.45, 7) is 4.52. The molecule has 65 heavy (non-hydrogen) atoms. The van der Waals surface area contributed by atoms with E-state index >= 15 is 4.39 Å². The third-order valence-corrected chi connectivity index (χ3v) is 13.0. The lowest BCUT2D eigenvalue weighted by Crippen LogP contribution is -2.49. The number of hydrogen-bond donors (Lipinski definition) is 3. The number of amides is 6. The Morgan fingerprint density at radius 3 is 2.38 bits per heavy atom. The average molecular weight is 904 g/mol. The summed E-state index contributed by atoms with van der Waals surface area (Å²) in [6, 6.07) is 18.5. The van der Waals surface area contributed by atoms with Gasteiger partial charge in [-0.1, -0.05) is 61.2 Å². The van der Waals surface area contributed by atoms with Gasteiger partial charge in [-0.25, -0.2) is 9.18 Å². The summed E-state index contributed by atoms with van der Waals surface area (Å²) in [6.07, 6.45) is 13.1. The number of carbonyl (C=O) groups is 5. The summed E-state index contributed by atoms with van der Waals surface area (Å²) in [7, 11) is 3.37. The van der Waals surface area contributed by atoms with E-state index in [1.807, 2.05) is 24.4 Å². The Kier molecular flexibility index (Phi) is 14.1. The highest BCUT2D eigenvalue weighted by Crippen LogP contribution is 2.39. The minimum Gasteiger partial charge on any atom is -0.348 e. The first kappa shape index (κ1) is 45.3. The summed E-state index contributed by atoms with van der Waals surface area (Å²) >= 11 is 6.18. The highest BCUT2D eigenvalue weighted by molar-refractivity contribution is 6.34. The number of piperazine rings is 1. The van der Waals surface area contributed by atoms with Gasteiger partial charge in [0.15, 0.2) is 5.82 Å². The molecular formula is C49H55ClFN9O5. The molecule has 0 bridgehead atoms. The lowest BCUT2D eigenvalue weighted by molar-refractivity contribution is -0.131. The van der Waals surface area contributed by atoms with Gasteiger partial charge in [0, 0.05) is 108 Å². The van der Waals surface area contributed by atoms with Crippen LogP contribution in [0.3, 0.4) is 0 Å². The van der Waals surface area contributed by atoms with Crippen LogP contribution in [0.25, 0.3) is 27.6 Å². The van der Waals surface area contributed by atoms with E-state index in [4.69, 9.17) is 11.6 Å². The molecule has 3 aliphatic heterocycles. The fourth-order valence-electron chi connectivity index (χ4n) is 9.11. The zero-order valence-corrected chi connectivity index (χ0v) is 37.6. The Morgan fingerprint density at radius 2 is 1.68 bits per heavy atom. The van der Waals surface area contributed by atoms with Crippen LogP contribution in [0.1, 0.15) is 89.3 Å². The fraction of sp³-hybridized carbons (Fsp3) is 0.388. The first-order chi connectivity index (χ1) is 31.4. The van der Waals surface area contributed by atoms with Crippen molar-refractivity contribution in [1.29, 1.82) is 0 Å². The Balaban J connectivity index is 0.000000211. The largest absolute Gasteiger partial charge is 0.348 e. The van der Waals surface area contributed by atoms with E-state index in [0.29, 0.717) is 89.9 Å². The third-order valence-electron chi connectivity index (χ3n) is 12.7. The average Bonchev–Trinajstić information content (AvgIpc) is 4.03. The number of aryl methyl sites for hydroxylation is 1. The molecule has 3 aromatic carbocycles.